The van der Waals surface area contributed by atoms with E-state index in [2.05, 4.69) is 36.1 Å². The highest BCUT2D eigenvalue weighted by Crippen LogP contribution is 2.38. The molecule has 2 amide bonds. The maximum Gasteiger partial charge on any atom is 0.225 e. The van der Waals surface area contributed by atoms with Crippen molar-refractivity contribution < 1.29 is 9.59 Å². The number of likely N-dealkylation sites (tertiary alicyclic amines) is 1. The zero-order chi connectivity index (χ0) is 20.4. The summed E-state index contributed by atoms with van der Waals surface area (Å²) < 4.78 is 0. The fraction of sp³-hybridized carbons (Fsp3) is 0.440. The van der Waals surface area contributed by atoms with Crippen molar-refractivity contribution in [3.05, 3.63) is 71.3 Å². The van der Waals surface area contributed by atoms with E-state index in [1.807, 2.05) is 35.2 Å². The van der Waals surface area contributed by atoms with E-state index >= 15 is 0 Å². The number of carbonyl (C=O) groups is 2. The summed E-state index contributed by atoms with van der Waals surface area (Å²) in [7, 11) is 0. The van der Waals surface area contributed by atoms with Gasteiger partial charge in [-0.15, -0.1) is 0 Å². The Kier molecular flexibility index (Phi) is 5.70. The fourth-order valence-corrected chi connectivity index (χ4v) is 5.13. The van der Waals surface area contributed by atoms with Gasteiger partial charge in [-0.05, 0) is 49.3 Å². The molecule has 2 aromatic carbocycles. The minimum atomic E-state index is -0.171. The van der Waals surface area contributed by atoms with Gasteiger partial charge in [-0.25, -0.2) is 0 Å². The number of nitrogens with zero attached hydrogens (tertiary/aromatic N) is 2. The van der Waals surface area contributed by atoms with Crippen LogP contribution >= 0.6 is 0 Å². The Morgan fingerprint density at radius 1 is 1.00 bits per heavy atom. The molecule has 0 aliphatic carbocycles. The average molecular weight is 391 g/mol. The van der Waals surface area contributed by atoms with Gasteiger partial charge >= 0.3 is 0 Å². The van der Waals surface area contributed by atoms with Gasteiger partial charge in [-0.2, -0.15) is 0 Å². The van der Waals surface area contributed by atoms with Gasteiger partial charge in [0.1, 0.15) is 0 Å². The zero-order valence-electron chi connectivity index (χ0n) is 17.4. The van der Waals surface area contributed by atoms with E-state index in [4.69, 9.17) is 0 Å². The molecule has 152 valence electrons. The highest BCUT2D eigenvalue weighted by Gasteiger charge is 2.37. The van der Waals surface area contributed by atoms with Gasteiger partial charge in [-0.3, -0.25) is 9.59 Å². The van der Waals surface area contributed by atoms with E-state index in [9.17, 15) is 9.59 Å². The summed E-state index contributed by atoms with van der Waals surface area (Å²) in [5.74, 6) is 0.197. The van der Waals surface area contributed by atoms with Crippen LogP contribution in [0.4, 0.5) is 0 Å². The highest BCUT2D eigenvalue weighted by atomic mass is 16.2. The summed E-state index contributed by atoms with van der Waals surface area (Å²) in [5.41, 5.74) is 3.59. The topological polar surface area (TPSA) is 40.6 Å². The third-order valence-corrected chi connectivity index (χ3v) is 6.57. The molecule has 1 fully saturated rings. The lowest BCUT2D eigenvalue weighted by molar-refractivity contribution is -0.141. The molecule has 0 spiro atoms. The SMILES string of the molecule is CC(=O)N1CCc2ccccc2[C@@H]1CC(=O)N1[C@H](C)CCC[C@@H]1c1ccccc1. The highest BCUT2D eigenvalue weighted by molar-refractivity contribution is 5.80. The third-order valence-electron chi connectivity index (χ3n) is 6.57. The summed E-state index contributed by atoms with van der Waals surface area (Å²) in [5, 5.41) is 0. The fourth-order valence-electron chi connectivity index (χ4n) is 5.13. The first-order chi connectivity index (χ1) is 14.1. The summed E-state index contributed by atoms with van der Waals surface area (Å²) in [6, 6.07) is 18.8. The van der Waals surface area contributed by atoms with E-state index in [1.54, 1.807) is 6.92 Å². The van der Waals surface area contributed by atoms with Crippen molar-refractivity contribution in [1.29, 1.82) is 0 Å². The van der Waals surface area contributed by atoms with Gasteiger partial charge in [0.05, 0.1) is 18.5 Å². The van der Waals surface area contributed by atoms with Crippen LogP contribution in [-0.4, -0.2) is 34.2 Å². The molecule has 29 heavy (non-hydrogen) atoms. The summed E-state index contributed by atoms with van der Waals surface area (Å²) in [6.07, 6.45) is 4.37. The van der Waals surface area contributed by atoms with E-state index in [0.29, 0.717) is 13.0 Å². The lowest BCUT2D eigenvalue weighted by atomic mass is 9.88. The van der Waals surface area contributed by atoms with Crippen molar-refractivity contribution in [3.8, 4) is 0 Å². The number of hydrogen-bond donors (Lipinski definition) is 0. The molecule has 0 aromatic heterocycles. The number of piperidine rings is 1. The van der Waals surface area contributed by atoms with Crippen LogP contribution in [0.25, 0.3) is 0 Å². The second-order valence-electron chi connectivity index (χ2n) is 8.39. The largest absolute Gasteiger partial charge is 0.335 e. The Balaban J connectivity index is 1.63. The number of rotatable bonds is 3. The van der Waals surface area contributed by atoms with Gasteiger partial charge in [0.2, 0.25) is 11.8 Å². The summed E-state index contributed by atoms with van der Waals surface area (Å²) in [4.78, 5) is 29.9. The summed E-state index contributed by atoms with van der Waals surface area (Å²) >= 11 is 0. The average Bonchev–Trinajstić information content (AvgIpc) is 2.74. The molecule has 1 saturated heterocycles. The number of benzene rings is 2. The third kappa shape index (κ3) is 3.93. The van der Waals surface area contributed by atoms with Crippen molar-refractivity contribution in [1.82, 2.24) is 9.80 Å². The van der Waals surface area contributed by atoms with Gasteiger partial charge in [0.15, 0.2) is 0 Å². The Morgan fingerprint density at radius 3 is 2.48 bits per heavy atom. The van der Waals surface area contributed by atoms with Gasteiger partial charge < -0.3 is 9.80 Å². The number of amides is 2. The number of hydrogen-bond acceptors (Lipinski definition) is 2. The van der Waals surface area contributed by atoms with Crippen molar-refractivity contribution in [2.45, 2.75) is 64.1 Å². The Bertz CT molecular complexity index is 879. The molecule has 4 rings (SSSR count). The first kappa shape index (κ1) is 19.7. The van der Waals surface area contributed by atoms with Crippen LogP contribution in [0.15, 0.2) is 54.6 Å². The Morgan fingerprint density at radius 2 is 1.72 bits per heavy atom. The van der Waals surface area contributed by atoms with Crippen LogP contribution in [0, 0.1) is 0 Å². The molecule has 4 heteroatoms. The van der Waals surface area contributed by atoms with E-state index in [1.165, 1.54) is 11.1 Å². The van der Waals surface area contributed by atoms with E-state index < -0.39 is 0 Å². The standard InChI is InChI=1S/C25H30N2O2/c1-18-9-8-14-23(21-11-4-3-5-12-21)27(18)25(29)17-24-22-13-7-6-10-20(22)15-16-26(24)19(2)28/h3-7,10-13,18,23-24H,8-9,14-17H2,1-2H3/t18-,23-,24+/m1/s1. The van der Waals surface area contributed by atoms with E-state index in [-0.39, 0.29) is 29.9 Å². The molecule has 0 saturated carbocycles. The maximum atomic E-state index is 13.6. The second-order valence-corrected chi connectivity index (χ2v) is 8.39. The van der Waals surface area contributed by atoms with Gasteiger partial charge in [0, 0.05) is 19.5 Å². The predicted molar refractivity (Wildman–Crippen MR) is 114 cm³/mol. The summed E-state index contributed by atoms with van der Waals surface area (Å²) in [6.45, 7) is 4.45. The first-order valence-electron chi connectivity index (χ1n) is 10.8. The second kappa shape index (κ2) is 8.40. The van der Waals surface area contributed by atoms with Crippen LogP contribution in [0.2, 0.25) is 0 Å². The van der Waals surface area contributed by atoms with Crippen molar-refractivity contribution in [2.75, 3.05) is 6.54 Å². The zero-order valence-corrected chi connectivity index (χ0v) is 17.4. The van der Waals surface area contributed by atoms with Crippen LogP contribution in [0.5, 0.6) is 0 Å². The van der Waals surface area contributed by atoms with Crippen molar-refractivity contribution in [3.63, 3.8) is 0 Å². The number of carbonyl (C=O) groups excluding carboxylic acids is 2. The molecular formula is C25H30N2O2. The molecule has 4 nitrogen and oxygen atoms in total. The van der Waals surface area contributed by atoms with Crippen LogP contribution in [-0.2, 0) is 16.0 Å². The quantitative estimate of drug-likeness (QED) is 0.764. The molecule has 0 radical (unpaired) electrons. The van der Waals surface area contributed by atoms with Crippen LogP contribution in [0.1, 0.15) is 68.3 Å². The smallest absolute Gasteiger partial charge is 0.225 e. The number of fused-ring (bicyclic) bond motifs is 1. The molecule has 0 N–H and O–H groups in total. The van der Waals surface area contributed by atoms with Crippen LogP contribution in [0.3, 0.4) is 0 Å². The first-order valence-corrected chi connectivity index (χ1v) is 10.8. The van der Waals surface area contributed by atoms with Crippen molar-refractivity contribution >= 4 is 11.8 Å². The van der Waals surface area contributed by atoms with Gasteiger partial charge in [-0.1, -0.05) is 54.6 Å². The molecular weight excluding hydrogens is 360 g/mol. The van der Waals surface area contributed by atoms with Crippen LogP contribution < -0.4 is 0 Å². The Hall–Kier alpha value is -2.62. The van der Waals surface area contributed by atoms with E-state index in [0.717, 1.165) is 31.2 Å². The molecule has 2 aliphatic rings. The molecule has 2 aromatic rings. The molecule has 0 unspecified atom stereocenters. The minimum absolute atomic E-state index is 0.0450. The lowest BCUT2D eigenvalue weighted by Crippen LogP contribution is -2.47. The molecule has 2 heterocycles. The monoisotopic (exact) mass is 390 g/mol. The minimum Gasteiger partial charge on any atom is -0.335 e. The molecule has 3 atom stereocenters. The molecule has 2 aliphatic heterocycles. The van der Waals surface area contributed by atoms with Gasteiger partial charge in [0.25, 0.3) is 0 Å². The van der Waals surface area contributed by atoms with Crippen molar-refractivity contribution in [2.24, 2.45) is 0 Å². The normalized spacial score (nSPS) is 24.1. The predicted octanol–water partition coefficient (Wildman–Crippen LogP) is 4.66. The Labute approximate surface area is 173 Å². The molecule has 0 bridgehead atoms. The lowest BCUT2D eigenvalue weighted by Gasteiger charge is -2.43. The maximum absolute atomic E-state index is 13.6.